The van der Waals surface area contributed by atoms with E-state index in [-0.39, 0.29) is 11.6 Å². The molecule has 2 heterocycles. The largest absolute Gasteiger partial charge is 0.478 e. The first-order chi connectivity index (χ1) is 14.7. The van der Waals surface area contributed by atoms with Gasteiger partial charge in [0.25, 0.3) is 0 Å². The van der Waals surface area contributed by atoms with Crippen LogP contribution in [0.15, 0.2) is 60.9 Å². The zero-order valence-corrected chi connectivity index (χ0v) is 16.8. The van der Waals surface area contributed by atoms with Crippen LogP contribution in [-0.4, -0.2) is 29.1 Å². The number of aromatic carboxylic acids is 1. The molecular weight excluding hydrogens is 374 g/mol. The maximum atomic E-state index is 11.4. The van der Waals surface area contributed by atoms with Crippen LogP contribution in [0.3, 0.4) is 0 Å². The Labute approximate surface area is 176 Å². The predicted octanol–water partition coefficient (Wildman–Crippen LogP) is 4.62. The molecule has 0 saturated heterocycles. The number of rotatable bonds is 6. The zero-order chi connectivity index (χ0) is 20.5. The van der Waals surface area contributed by atoms with Crippen molar-refractivity contribution in [1.29, 1.82) is 0 Å². The van der Waals surface area contributed by atoms with E-state index < -0.39 is 5.97 Å². The van der Waals surface area contributed by atoms with Crippen LogP contribution in [0.25, 0.3) is 11.1 Å². The zero-order valence-electron chi connectivity index (χ0n) is 16.8. The number of benzene rings is 2. The predicted molar refractivity (Wildman–Crippen MR) is 118 cm³/mol. The summed E-state index contributed by atoms with van der Waals surface area (Å²) in [5.41, 5.74) is 7.57. The van der Waals surface area contributed by atoms with Gasteiger partial charge >= 0.3 is 5.97 Å². The Morgan fingerprint density at radius 2 is 2.00 bits per heavy atom. The van der Waals surface area contributed by atoms with Gasteiger partial charge in [0.15, 0.2) is 0 Å². The van der Waals surface area contributed by atoms with Crippen LogP contribution in [0.2, 0.25) is 0 Å². The number of carboxylic acids is 1. The Morgan fingerprint density at radius 3 is 2.83 bits per heavy atom. The second-order valence-electron chi connectivity index (χ2n) is 8.14. The third-order valence-electron chi connectivity index (χ3n) is 6.14. The molecule has 1 aliphatic heterocycles. The van der Waals surface area contributed by atoms with Gasteiger partial charge < -0.3 is 15.7 Å². The lowest BCUT2D eigenvalue weighted by Crippen LogP contribution is -2.34. The SMILES string of the molecule is O=C(O)c1ccncc1NC[C@@H]1NCCc2cc(-c3ccccc3C3CC3)ccc21. The van der Waals surface area contributed by atoms with Gasteiger partial charge in [0, 0.05) is 18.8 Å². The Morgan fingerprint density at radius 1 is 1.13 bits per heavy atom. The highest BCUT2D eigenvalue weighted by Crippen LogP contribution is 2.44. The van der Waals surface area contributed by atoms with E-state index in [9.17, 15) is 9.90 Å². The topological polar surface area (TPSA) is 74.2 Å². The highest BCUT2D eigenvalue weighted by molar-refractivity contribution is 5.93. The highest BCUT2D eigenvalue weighted by Gasteiger charge is 2.27. The molecule has 5 rings (SSSR count). The Balaban J connectivity index is 1.39. The van der Waals surface area contributed by atoms with Crippen molar-refractivity contribution < 1.29 is 9.90 Å². The van der Waals surface area contributed by atoms with Gasteiger partial charge in [0.05, 0.1) is 17.4 Å². The summed E-state index contributed by atoms with van der Waals surface area (Å²) in [7, 11) is 0. The minimum Gasteiger partial charge on any atom is -0.478 e. The van der Waals surface area contributed by atoms with E-state index >= 15 is 0 Å². The van der Waals surface area contributed by atoms with E-state index in [2.05, 4.69) is 58.1 Å². The van der Waals surface area contributed by atoms with Gasteiger partial charge in [-0.1, -0.05) is 42.5 Å². The van der Waals surface area contributed by atoms with Crippen LogP contribution >= 0.6 is 0 Å². The summed E-state index contributed by atoms with van der Waals surface area (Å²) in [6, 6.07) is 17.2. The van der Waals surface area contributed by atoms with Crippen LogP contribution in [-0.2, 0) is 6.42 Å². The number of nitrogens with zero attached hydrogens (tertiary/aromatic N) is 1. The van der Waals surface area contributed by atoms with Gasteiger partial charge in [0.1, 0.15) is 0 Å². The summed E-state index contributed by atoms with van der Waals surface area (Å²) < 4.78 is 0. The second-order valence-corrected chi connectivity index (χ2v) is 8.14. The van der Waals surface area contributed by atoms with Gasteiger partial charge in [-0.15, -0.1) is 0 Å². The lowest BCUT2D eigenvalue weighted by molar-refractivity contribution is 0.0697. The first kappa shape index (κ1) is 18.8. The lowest BCUT2D eigenvalue weighted by atomic mass is 9.89. The summed E-state index contributed by atoms with van der Waals surface area (Å²) in [6.45, 7) is 1.52. The normalized spacial score (nSPS) is 17.9. The fourth-order valence-electron chi connectivity index (χ4n) is 4.45. The average molecular weight is 399 g/mol. The molecule has 30 heavy (non-hydrogen) atoms. The smallest absolute Gasteiger partial charge is 0.337 e. The number of hydrogen-bond acceptors (Lipinski definition) is 4. The van der Waals surface area contributed by atoms with E-state index in [0.717, 1.165) is 18.9 Å². The third kappa shape index (κ3) is 3.68. The van der Waals surface area contributed by atoms with Crippen LogP contribution < -0.4 is 10.6 Å². The minimum atomic E-state index is -0.948. The van der Waals surface area contributed by atoms with Crippen molar-refractivity contribution in [1.82, 2.24) is 10.3 Å². The van der Waals surface area contributed by atoms with Crippen molar-refractivity contribution >= 4 is 11.7 Å². The third-order valence-corrected chi connectivity index (χ3v) is 6.14. The van der Waals surface area contributed by atoms with Crippen molar-refractivity contribution in [3.8, 4) is 11.1 Å². The maximum absolute atomic E-state index is 11.4. The Kier molecular flexibility index (Phi) is 4.97. The molecule has 152 valence electrons. The number of hydrogen-bond donors (Lipinski definition) is 3. The van der Waals surface area contributed by atoms with E-state index in [1.807, 2.05) is 0 Å². The van der Waals surface area contributed by atoms with E-state index in [0.29, 0.717) is 12.2 Å². The van der Waals surface area contributed by atoms with E-state index in [1.54, 1.807) is 6.20 Å². The molecule has 1 saturated carbocycles. The fraction of sp³-hybridized carbons (Fsp3) is 0.280. The molecule has 1 aliphatic carbocycles. The van der Waals surface area contributed by atoms with Crippen molar-refractivity contribution in [2.45, 2.75) is 31.2 Å². The molecule has 5 nitrogen and oxygen atoms in total. The summed E-state index contributed by atoms with van der Waals surface area (Å²) in [5.74, 6) is -0.227. The Bertz CT molecular complexity index is 1090. The molecule has 1 fully saturated rings. The molecule has 0 unspecified atom stereocenters. The summed E-state index contributed by atoms with van der Waals surface area (Å²) in [4.78, 5) is 15.5. The molecule has 0 radical (unpaired) electrons. The fourth-order valence-corrected chi connectivity index (χ4v) is 4.45. The number of nitrogens with one attached hydrogen (secondary N) is 2. The van der Waals surface area contributed by atoms with Crippen molar-refractivity contribution in [3.63, 3.8) is 0 Å². The number of anilines is 1. The number of carbonyl (C=O) groups is 1. The van der Waals surface area contributed by atoms with Crippen molar-refractivity contribution in [3.05, 3.63) is 83.2 Å². The van der Waals surface area contributed by atoms with Crippen molar-refractivity contribution in [2.75, 3.05) is 18.4 Å². The van der Waals surface area contributed by atoms with Crippen LogP contribution in [0.4, 0.5) is 5.69 Å². The molecule has 2 aliphatic rings. The molecule has 2 aromatic carbocycles. The summed E-state index contributed by atoms with van der Waals surface area (Å²) in [6.07, 6.45) is 6.67. The van der Waals surface area contributed by atoms with Gasteiger partial charge in [-0.25, -0.2) is 4.79 Å². The molecule has 3 N–H and O–H groups in total. The standard InChI is InChI=1S/C25H25N3O2/c29-25(30)22-10-11-26-14-23(22)28-15-24-21-8-7-17(13-18(21)9-12-27-24)20-4-2-1-3-19(20)16-5-6-16/h1-4,7-8,10-11,13-14,16,24,27-28H,5-6,9,12,15H2,(H,29,30)/t24-/m0/s1. The molecular formula is C25H25N3O2. The number of carboxylic acid groups (broad SMARTS) is 1. The summed E-state index contributed by atoms with van der Waals surface area (Å²) >= 11 is 0. The maximum Gasteiger partial charge on any atom is 0.337 e. The second kappa shape index (κ2) is 7.92. The number of pyridine rings is 1. The first-order valence-corrected chi connectivity index (χ1v) is 10.6. The molecule has 0 bridgehead atoms. The van der Waals surface area contributed by atoms with Gasteiger partial charge in [-0.2, -0.15) is 0 Å². The average Bonchev–Trinajstić information content (AvgIpc) is 3.63. The molecule has 3 aromatic rings. The van der Waals surface area contributed by atoms with Gasteiger partial charge in [-0.3, -0.25) is 4.98 Å². The molecule has 0 amide bonds. The van der Waals surface area contributed by atoms with Crippen LogP contribution in [0.5, 0.6) is 0 Å². The number of fused-ring (bicyclic) bond motifs is 1. The highest BCUT2D eigenvalue weighted by atomic mass is 16.4. The van der Waals surface area contributed by atoms with Gasteiger partial charge in [0.2, 0.25) is 0 Å². The summed E-state index contributed by atoms with van der Waals surface area (Å²) in [5, 5.41) is 16.2. The van der Waals surface area contributed by atoms with Crippen LogP contribution in [0, 0.1) is 0 Å². The first-order valence-electron chi connectivity index (χ1n) is 10.6. The Hall–Kier alpha value is -3.18. The quantitative estimate of drug-likeness (QED) is 0.564. The van der Waals surface area contributed by atoms with Crippen LogP contribution in [0.1, 0.15) is 51.8 Å². The van der Waals surface area contributed by atoms with E-state index in [1.165, 1.54) is 52.9 Å². The minimum absolute atomic E-state index is 0.128. The van der Waals surface area contributed by atoms with Crippen molar-refractivity contribution in [2.24, 2.45) is 0 Å². The number of aromatic nitrogens is 1. The monoisotopic (exact) mass is 399 g/mol. The molecule has 1 atom stereocenters. The van der Waals surface area contributed by atoms with E-state index in [4.69, 9.17) is 0 Å². The lowest BCUT2D eigenvalue weighted by Gasteiger charge is -2.28. The van der Waals surface area contributed by atoms with Gasteiger partial charge in [-0.05, 0) is 65.6 Å². The molecule has 1 aromatic heterocycles. The molecule has 0 spiro atoms. The molecule has 5 heteroatoms.